The van der Waals surface area contributed by atoms with Crippen LogP contribution in [0.2, 0.25) is 0 Å². The number of nitrogens with zero attached hydrogens (tertiary/aromatic N) is 5. The number of aromatic nitrogens is 3. The lowest BCUT2D eigenvalue weighted by Gasteiger charge is -2.37. The van der Waals surface area contributed by atoms with Gasteiger partial charge in [0.2, 0.25) is 0 Å². The zero-order valence-electron chi connectivity index (χ0n) is 18.6. The van der Waals surface area contributed by atoms with Gasteiger partial charge in [0.1, 0.15) is 29.2 Å². The van der Waals surface area contributed by atoms with Crippen molar-refractivity contribution in [1.82, 2.24) is 15.0 Å². The van der Waals surface area contributed by atoms with E-state index in [-0.39, 0.29) is 0 Å². The fraction of sp³-hybridized carbons (Fsp3) is 0.360. The van der Waals surface area contributed by atoms with Crippen molar-refractivity contribution in [3.63, 3.8) is 0 Å². The molecular weight excluding hydrogens is 402 g/mol. The third-order valence-electron chi connectivity index (χ3n) is 5.64. The summed E-state index contributed by atoms with van der Waals surface area (Å²) in [6.07, 6.45) is 1.02. The van der Waals surface area contributed by atoms with Crippen LogP contribution < -0.4 is 9.64 Å². The fourth-order valence-corrected chi connectivity index (χ4v) is 3.82. The molecule has 3 heterocycles. The Labute approximate surface area is 188 Å². The number of aryl methyl sites for hydroxylation is 1. The van der Waals surface area contributed by atoms with Crippen LogP contribution in [-0.4, -0.2) is 45.4 Å². The standard InChI is InChI=1S/C25H27N5O2/c1-16(2)18-7-5-8-20(12-18)32-23-15-30(11-10-22(23)31)25-19(13-26)14-27-24(29-25)21-9-4-6-17(3)28-21/h4-9,12,14,16,22-23,31H,10-11,15H2,1-3H3/t22-,23-/m1/s1. The van der Waals surface area contributed by atoms with Gasteiger partial charge in [-0.25, -0.2) is 15.0 Å². The van der Waals surface area contributed by atoms with Crippen LogP contribution >= 0.6 is 0 Å². The molecule has 2 atom stereocenters. The number of ether oxygens (including phenoxy) is 1. The predicted octanol–water partition coefficient (Wildman–Crippen LogP) is 3.86. The van der Waals surface area contributed by atoms with E-state index in [4.69, 9.17) is 4.74 Å². The van der Waals surface area contributed by atoms with Crippen molar-refractivity contribution in [3.05, 3.63) is 65.5 Å². The van der Waals surface area contributed by atoms with E-state index < -0.39 is 12.2 Å². The third-order valence-corrected chi connectivity index (χ3v) is 5.64. The quantitative estimate of drug-likeness (QED) is 0.658. The van der Waals surface area contributed by atoms with Crippen LogP contribution in [-0.2, 0) is 0 Å². The summed E-state index contributed by atoms with van der Waals surface area (Å²) in [5, 5.41) is 20.2. The second-order valence-corrected chi connectivity index (χ2v) is 8.39. The molecule has 1 fully saturated rings. The number of pyridine rings is 1. The Hall–Kier alpha value is -3.50. The highest BCUT2D eigenvalue weighted by Gasteiger charge is 2.31. The first-order valence-corrected chi connectivity index (χ1v) is 10.9. The molecule has 164 valence electrons. The summed E-state index contributed by atoms with van der Waals surface area (Å²) < 4.78 is 6.18. The van der Waals surface area contributed by atoms with Crippen molar-refractivity contribution in [3.8, 4) is 23.3 Å². The molecule has 32 heavy (non-hydrogen) atoms. The molecule has 1 N–H and O–H groups in total. The summed E-state index contributed by atoms with van der Waals surface area (Å²) >= 11 is 0. The molecule has 1 saturated heterocycles. The van der Waals surface area contributed by atoms with Crippen molar-refractivity contribution in [2.45, 2.75) is 45.3 Å². The van der Waals surface area contributed by atoms with E-state index in [0.717, 1.165) is 11.4 Å². The van der Waals surface area contributed by atoms with E-state index in [9.17, 15) is 10.4 Å². The van der Waals surface area contributed by atoms with Gasteiger partial charge in [0, 0.05) is 12.2 Å². The molecule has 0 spiro atoms. The maximum Gasteiger partial charge on any atom is 0.180 e. The van der Waals surface area contributed by atoms with E-state index in [1.165, 1.54) is 11.8 Å². The Morgan fingerprint density at radius 1 is 1.19 bits per heavy atom. The molecule has 7 heteroatoms. The number of aliphatic hydroxyl groups excluding tert-OH is 1. The molecule has 0 aliphatic carbocycles. The molecule has 1 aliphatic heterocycles. The summed E-state index contributed by atoms with van der Waals surface area (Å²) in [5.74, 6) is 2.13. The van der Waals surface area contributed by atoms with Gasteiger partial charge < -0.3 is 14.7 Å². The van der Waals surface area contributed by atoms with Gasteiger partial charge in [0.15, 0.2) is 11.6 Å². The zero-order valence-corrected chi connectivity index (χ0v) is 18.6. The first-order valence-electron chi connectivity index (χ1n) is 10.9. The minimum atomic E-state index is -0.598. The molecule has 7 nitrogen and oxygen atoms in total. The molecule has 0 radical (unpaired) electrons. The molecule has 0 bridgehead atoms. The number of rotatable bonds is 5. The molecule has 0 unspecified atom stereocenters. The van der Waals surface area contributed by atoms with Crippen molar-refractivity contribution >= 4 is 5.82 Å². The molecular formula is C25H27N5O2. The number of benzene rings is 1. The molecule has 2 aromatic heterocycles. The van der Waals surface area contributed by atoms with Crippen LogP contribution in [0, 0.1) is 18.3 Å². The zero-order chi connectivity index (χ0) is 22.7. The van der Waals surface area contributed by atoms with Crippen LogP contribution in [0.1, 0.15) is 43.0 Å². The van der Waals surface area contributed by atoms with Gasteiger partial charge in [-0.1, -0.05) is 32.0 Å². The highest BCUT2D eigenvalue weighted by molar-refractivity contribution is 5.59. The van der Waals surface area contributed by atoms with E-state index in [1.54, 1.807) is 0 Å². The Balaban J connectivity index is 1.60. The third kappa shape index (κ3) is 4.71. The number of aliphatic hydroxyl groups is 1. The Morgan fingerprint density at radius 3 is 2.75 bits per heavy atom. The molecule has 1 aliphatic rings. The van der Waals surface area contributed by atoms with Crippen molar-refractivity contribution in [2.75, 3.05) is 18.0 Å². The largest absolute Gasteiger partial charge is 0.486 e. The van der Waals surface area contributed by atoms with Crippen LogP contribution in [0.15, 0.2) is 48.7 Å². The SMILES string of the molecule is Cc1cccc(-c2ncc(C#N)c(N3CC[C@@H](O)[C@H](Oc4cccc(C(C)C)c4)C3)n2)n1. The summed E-state index contributed by atoms with van der Waals surface area (Å²) in [7, 11) is 0. The summed E-state index contributed by atoms with van der Waals surface area (Å²) in [6, 6.07) is 15.8. The highest BCUT2D eigenvalue weighted by Crippen LogP contribution is 2.27. The van der Waals surface area contributed by atoms with Crippen molar-refractivity contribution < 1.29 is 9.84 Å². The smallest absolute Gasteiger partial charge is 0.180 e. The molecule has 4 rings (SSSR count). The van der Waals surface area contributed by atoms with Crippen LogP contribution in [0.25, 0.3) is 11.5 Å². The Kier molecular flexibility index (Phi) is 6.33. The number of nitriles is 1. The van der Waals surface area contributed by atoms with Gasteiger partial charge in [-0.3, -0.25) is 0 Å². The summed E-state index contributed by atoms with van der Waals surface area (Å²) in [6.45, 7) is 7.17. The minimum Gasteiger partial charge on any atom is -0.486 e. The van der Waals surface area contributed by atoms with Crippen LogP contribution in [0.5, 0.6) is 5.75 Å². The van der Waals surface area contributed by atoms with Gasteiger partial charge in [-0.05, 0) is 49.1 Å². The Bertz CT molecular complexity index is 1140. The Morgan fingerprint density at radius 2 is 2.00 bits per heavy atom. The van der Waals surface area contributed by atoms with Gasteiger partial charge >= 0.3 is 0 Å². The lowest BCUT2D eigenvalue weighted by molar-refractivity contribution is 0.0233. The second-order valence-electron chi connectivity index (χ2n) is 8.39. The minimum absolute atomic E-state index is 0.387. The fourth-order valence-electron chi connectivity index (χ4n) is 3.82. The average Bonchev–Trinajstić information content (AvgIpc) is 2.80. The predicted molar refractivity (Wildman–Crippen MR) is 122 cm³/mol. The van der Waals surface area contributed by atoms with Crippen LogP contribution in [0.4, 0.5) is 5.82 Å². The van der Waals surface area contributed by atoms with Gasteiger partial charge in [0.25, 0.3) is 0 Å². The van der Waals surface area contributed by atoms with Crippen molar-refractivity contribution in [1.29, 1.82) is 5.26 Å². The molecule has 0 amide bonds. The average molecular weight is 430 g/mol. The lowest BCUT2D eigenvalue weighted by atomic mass is 10.0. The topological polar surface area (TPSA) is 95.2 Å². The number of anilines is 1. The first-order chi connectivity index (χ1) is 15.4. The first kappa shape index (κ1) is 21.7. The van der Waals surface area contributed by atoms with Gasteiger partial charge in [-0.15, -0.1) is 0 Å². The summed E-state index contributed by atoms with van der Waals surface area (Å²) in [4.78, 5) is 15.5. The maximum absolute atomic E-state index is 10.6. The monoisotopic (exact) mass is 429 g/mol. The number of piperidine rings is 1. The normalized spacial score (nSPS) is 18.4. The maximum atomic E-state index is 10.6. The van der Waals surface area contributed by atoms with Gasteiger partial charge in [0.05, 0.1) is 18.8 Å². The van der Waals surface area contributed by atoms with E-state index in [0.29, 0.717) is 48.3 Å². The van der Waals surface area contributed by atoms with Crippen molar-refractivity contribution in [2.24, 2.45) is 0 Å². The van der Waals surface area contributed by atoms with Crippen LogP contribution in [0.3, 0.4) is 0 Å². The molecule has 3 aromatic rings. The summed E-state index contributed by atoms with van der Waals surface area (Å²) in [5.41, 5.74) is 3.10. The van der Waals surface area contributed by atoms with E-state index in [1.807, 2.05) is 48.2 Å². The lowest BCUT2D eigenvalue weighted by Crippen LogP contribution is -2.50. The molecule has 0 saturated carbocycles. The highest BCUT2D eigenvalue weighted by atomic mass is 16.5. The van der Waals surface area contributed by atoms with E-state index >= 15 is 0 Å². The van der Waals surface area contributed by atoms with E-state index in [2.05, 4.69) is 40.9 Å². The second kappa shape index (κ2) is 9.33. The number of hydrogen-bond acceptors (Lipinski definition) is 7. The van der Waals surface area contributed by atoms with Gasteiger partial charge in [-0.2, -0.15) is 5.26 Å². The number of hydrogen-bond donors (Lipinski definition) is 1. The molecule has 1 aromatic carbocycles.